The highest BCUT2D eigenvalue weighted by atomic mass is 16.5. The third-order valence-electron chi connectivity index (χ3n) is 4.46. The van der Waals surface area contributed by atoms with Crippen LogP contribution in [-0.4, -0.2) is 19.7 Å². The Balaban J connectivity index is 1.81. The van der Waals surface area contributed by atoms with Gasteiger partial charge >= 0.3 is 0 Å². The Morgan fingerprint density at radius 2 is 1.62 bits per heavy atom. The van der Waals surface area contributed by atoms with Crippen molar-refractivity contribution in [3.05, 3.63) is 71.2 Å². The van der Waals surface area contributed by atoms with Gasteiger partial charge in [0.1, 0.15) is 17.5 Å². The first kappa shape index (κ1) is 16.3. The molecule has 4 rings (SSSR count). The SMILES string of the molecule is Cc1ccc(-n2ncc3c(Oc4cc(C)ccc4C)ncnc32)c(C)c1. The summed E-state index contributed by atoms with van der Waals surface area (Å²) in [5.41, 5.74) is 6.29. The fourth-order valence-corrected chi connectivity index (χ4v) is 3.04. The molecule has 0 N–H and O–H groups in total. The van der Waals surface area contributed by atoms with E-state index in [1.165, 1.54) is 11.9 Å². The number of hydrogen-bond acceptors (Lipinski definition) is 4. The summed E-state index contributed by atoms with van der Waals surface area (Å²) in [5, 5.41) is 5.32. The lowest BCUT2D eigenvalue weighted by Gasteiger charge is -2.10. The lowest BCUT2D eigenvalue weighted by atomic mass is 10.1. The van der Waals surface area contributed by atoms with Crippen molar-refractivity contribution < 1.29 is 4.74 Å². The van der Waals surface area contributed by atoms with Gasteiger partial charge in [0.25, 0.3) is 0 Å². The molecule has 0 unspecified atom stereocenters. The van der Waals surface area contributed by atoms with Crippen LogP contribution >= 0.6 is 0 Å². The van der Waals surface area contributed by atoms with Crippen molar-refractivity contribution in [1.29, 1.82) is 0 Å². The van der Waals surface area contributed by atoms with Crippen molar-refractivity contribution in [2.45, 2.75) is 27.7 Å². The second-order valence-corrected chi connectivity index (χ2v) is 6.63. The van der Waals surface area contributed by atoms with Crippen LogP contribution in [-0.2, 0) is 0 Å². The van der Waals surface area contributed by atoms with E-state index in [2.05, 4.69) is 53.2 Å². The number of aryl methyl sites for hydroxylation is 4. The maximum Gasteiger partial charge on any atom is 0.233 e. The Morgan fingerprint density at radius 1 is 0.846 bits per heavy atom. The van der Waals surface area contributed by atoms with E-state index in [1.807, 2.05) is 30.7 Å². The lowest BCUT2D eigenvalue weighted by Crippen LogP contribution is -2.01. The topological polar surface area (TPSA) is 52.8 Å². The predicted octanol–water partition coefficient (Wildman–Crippen LogP) is 4.84. The molecule has 0 aliphatic rings. The molecule has 2 aromatic heterocycles. The van der Waals surface area contributed by atoms with E-state index in [4.69, 9.17) is 4.74 Å². The molecule has 130 valence electrons. The molecule has 0 saturated carbocycles. The summed E-state index contributed by atoms with van der Waals surface area (Å²) in [4.78, 5) is 8.76. The van der Waals surface area contributed by atoms with Gasteiger partial charge in [0.2, 0.25) is 5.88 Å². The van der Waals surface area contributed by atoms with Crippen molar-refractivity contribution in [2.24, 2.45) is 0 Å². The van der Waals surface area contributed by atoms with Gasteiger partial charge < -0.3 is 4.74 Å². The van der Waals surface area contributed by atoms with Crippen molar-refractivity contribution >= 4 is 11.0 Å². The zero-order valence-corrected chi connectivity index (χ0v) is 15.3. The molecule has 5 heteroatoms. The molecular weight excluding hydrogens is 324 g/mol. The van der Waals surface area contributed by atoms with Crippen LogP contribution in [0.4, 0.5) is 0 Å². The number of rotatable bonds is 3. The van der Waals surface area contributed by atoms with E-state index in [-0.39, 0.29) is 0 Å². The van der Waals surface area contributed by atoms with Crippen LogP contribution in [0.3, 0.4) is 0 Å². The summed E-state index contributed by atoms with van der Waals surface area (Å²) in [6, 6.07) is 12.4. The minimum Gasteiger partial charge on any atom is -0.438 e. The van der Waals surface area contributed by atoms with Crippen LogP contribution in [0, 0.1) is 27.7 Å². The number of fused-ring (bicyclic) bond motifs is 1. The summed E-state index contributed by atoms with van der Waals surface area (Å²) >= 11 is 0. The Hall–Kier alpha value is -3.21. The highest BCUT2D eigenvalue weighted by molar-refractivity contribution is 5.81. The summed E-state index contributed by atoms with van der Waals surface area (Å²) < 4.78 is 7.93. The van der Waals surface area contributed by atoms with Gasteiger partial charge in [0.05, 0.1) is 11.9 Å². The second kappa shape index (κ2) is 6.26. The van der Waals surface area contributed by atoms with Gasteiger partial charge in [-0.3, -0.25) is 0 Å². The van der Waals surface area contributed by atoms with Crippen LogP contribution in [0.2, 0.25) is 0 Å². The van der Waals surface area contributed by atoms with Crippen LogP contribution in [0.5, 0.6) is 11.6 Å². The van der Waals surface area contributed by atoms with E-state index in [0.717, 1.165) is 39.2 Å². The van der Waals surface area contributed by atoms with Gasteiger partial charge in [-0.05, 0) is 56.5 Å². The van der Waals surface area contributed by atoms with E-state index >= 15 is 0 Å². The predicted molar refractivity (Wildman–Crippen MR) is 102 cm³/mol. The highest BCUT2D eigenvalue weighted by Crippen LogP contribution is 2.30. The van der Waals surface area contributed by atoms with Gasteiger partial charge in [0.15, 0.2) is 5.65 Å². The van der Waals surface area contributed by atoms with Crippen molar-refractivity contribution in [3.8, 4) is 17.3 Å². The maximum absolute atomic E-state index is 6.10. The average Bonchev–Trinajstić information content (AvgIpc) is 3.03. The molecule has 0 radical (unpaired) electrons. The number of hydrogen-bond donors (Lipinski definition) is 0. The fraction of sp³-hybridized carbons (Fsp3) is 0.190. The first-order valence-electron chi connectivity index (χ1n) is 8.54. The Bertz CT molecular complexity index is 1110. The molecule has 0 atom stereocenters. The largest absolute Gasteiger partial charge is 0.438 e. The normalized spacial score (nSPS) is 11.1. The van der Waals surface area contributed by atoms with Gasteiger partial charge in [-0.2, -0.15) is 5.10 Å². The van der Waals surface area contributed by atoms with Crippen LogP contribution in [0.1, 0.15) is 22.3 Å². The molecule has 0 aliphatic carbocycles. The zero-order valence-electron chi connectivity index (χ0n) is 15.3. The Labute approximate surface area is 152 Å². The van der Waals surface area contributed by atoms with Crippen LogP contribution in [0.15, 0.2) is 48.9 Å². The molecule has 0 aliphatic heterocycles. The Morgan fingerprint density at radius 3 is 2.42 bits per heavy atom. The number of ether oxygens (including phenoxy) is 1. The first-order chi connectivity index (χ1) is 12.5. The minimum absolute atomic E-state index is 0.514. The van der Waals surface area contributed by atoms with E-state index in [0.29, 0.717) is 5.88 Å². The number of nitrogens with zero attached hydrogens (tertiary/aromatic N) is 4. The zero-order chi connectivity index (χ0) is 18.3. The third-order valence-corrected chi connectivity index (χ3v) is 4.46. The van der Waals surface area contributed by atoms with Gasteiger partial charge in [-0.1, -0.05) is 29.8 Å². The van der Waals surface area contributed by atoms with Crippen LogP contribution in [0.25, 0.3) is 16.7 Å². The first-order valence-corrected chi connectivity index (χ1v) is 8.54. The van der Waals surface area contributed by atoms with E-state index in [1.54, 1.807) is 6.20 Å². The summed E-state index contributed by atoms with van der Waals surface area (Å²) in [7, 11) is 0. The maximum atomic E-state index is 6.10. The van der Waals surface area contributed by atoms with Crippen molar-refractivity contribution in [3.63, 3.8) is 0 Å². The molecule has 5 nitrogen and oxygen atoms in total. The van der Waals surface area contributed by atoms with Gasteiger partial charge in [0, 0.05) is 0 Å². The molecule has 0 fully saturated rings. The molecule has 2 aromatic carbocycles. The average molecular weight is 344 g/mol. The molecule has 26 heavy (non-hydrogen) atoms. The molecule has 0 bridgehead atoms. The van der Waals surface area contributed by atoms with Gasteiger partial charge in [-0.25, -0.2) is 14.6 Å². The minimum atomic E-state index is 0.514. The Kier molecular flexibility index (Phi) is 3.92. The number of aromatic nitrogens is 4. The second-order valence-electron chi connectivity index (χ2n) is 6.63. The van der Waals surface area contributed by atoms with Gasteiger partial charge in [-0.15, -0.1) is 0 Å². The molecule has 2 heterocycles. The highest BCUT2D eigenvalue weighted by Gasteiger charge is 2.14. The monoisotopic (exact) mass is 344 g/mol. The standard InChI is InChI=1S/C21H20N4O/c1-13-6-8-18(16(4)9-13)25-20-17(11-24-25)21(23-12-22-20)26-19-10-14(2)5-7-15(19)3/h5-12H,1-4H3. The molecule has 4 aromatic rings. The summed E-state index contributed by atoms with van der Waals surface area (Å²) in [6.07, 6.45) is 3.28. The number of benzene rings is 2. The van der Waals surface area contributed by atoms with Crippen molar-refractivity contribution in [1.82, 2.24) is 19.7 Å². The smallest absolute Gasteiger partial charge is 0.233 e. The quantitative estimate of drug-likeness (QED) is 0.533. The molecular formula is C21H20N4O. The summed E-state index contributed by atoms with van der Waals surface area (Å²) in [6.45, 7) is 8.22. The van der Waals surface area contributed by atoms with E-state index in [9.17, 15) is 0 Å². The molecule has 0 spiro atoms. The fourth-order valence-electron chi connectivity index (χ4n) is 3.04. The van der Waals surface area contributed by atoms with E-state index < -0.39 is 0 Å². The molecule has 0 saturated heterocycles. The third kappa shape index (κ3) is 2.81. The lowest BCUT2D eigenvalue weighted by molar-refractivity contribution is 0.464. The molecule has 0 amide bonds. The summed E-state index contributed by atoms with van der Waals surface area (Å²) in [5.74, 6) is 1.31. The van der Waals surface area contributed by atoms with Crippen LogP contribution < -0.4 is 4.74 Å². The van der Waals surface area contributed by atoms with Crippen molar-refractivity contribution in [2.75, 3.05) is 0 Å².